The maximum atomic E-state index is 2.43. The highest BCUT2D eigenvalue weighted by Gasteiger charge is 2.09. The molecule has 0 aliphatic carbocycles. The molecule has 0 saturated carbocycles. The van der Waals surface area contributed by atoms with E-state index in [0.29, 0.717) is 0 Å². The van der Waals surface area contributed by atoms with Gasteiger partial charge in [0.25, 0.3) is 0 Å². The molecule has 0 aliphatic heterocycles. The second kappa shape index (κ2) is 21.1. The molecular formula is C17H38. The van der Waals surface area contributed by atoms with Crippen molar-refractivity contribution in [2.75, 3.05) is 0 Å². The molecule has 0 nitrogen and oxygen atoms in total. The lowest BCUT2D eigenvalue weighted by Crippen LogP contribution is -2.02. The molecular weight excluding hydrogens is 204 g/mol. The molecule has 0 N–H and O–H groups in total. The van der Waals surface area contributed by atoms with Crippen LogP contribution in [0.5, 0.6) is 0 Å². The maximum Gasteiger partial charge on any atom is -0.0206 e. The molecule has 0 heteroatoms. The van der Waals surface area contributed by atoms with E-state index < -0.39 is 0 Å². The Bertz CT molecular complexity index is 133. The van der Waals surface area contributed by atoms with E-state index in [1.807, 2.05) is 27.7 Å². The fraction of sp³-hybridized carbons (Fsp3) is 0.882. The normalized spacial score (nSPS) is 11.9. The SMILES string of the molecule is CC.CC.CC/C=C(\CC)C(CC)CCCC. The van der Waals surface area contributed by atoms with Crippen LogP contribution in [0, 0.1) is 5.92 Å². The van der Waals surface area contributed by atoms with Gasteiger partial charge in [-0.3, -0.25) is 0 Å². The molecule has 17 heavy (non-hydrogen) atoms. The average molecular weight is 242 g/mol. The molecule has 0 aromatic carbocycles. The van der Waals surface area contributed by atoms with E-state index in [4.69, 9.17) is 0 Å². The first-order chi connectivity index (χ1) is 8.29. The lowest BCUT2D eigenvalue weighted by atomic mass is 9.89. The lowest BCUT2D eigenvalue weighted by molar-refractivity contribution is 0.502. The summed E-state index contributed by atoms with van der Waals surface area (Å²) in [6, 6.07) is 0. The average Bonchev–Trinajstić information content (AvgIpc) is 2.42. The van der Waals surface area contributed by atoms with Gasteiger partial charge in [-0.2, -0.15) is 0 Å². The summed E-state index contributed by atoms with van der Waals surface area (Å²) in [6.07, 6.45) is 10.3. The van der Waals surface area contributed by atoms with Crippen LogP contribution in [-0.2, 0) is 0 Å². The second-order valence-electron chi connectivity index (χ2n) is 3.79. The summed E-state index contributed by atoms with van der Waals surface area (Å²) >= 11 is 0. The van der Waals surface area contributed by atoms with Gasteiger partial charge in [-0.15, -0.1) is 0 Å². The molecule has 0 rings (SSSR count). The van der Waals surface area contributed by atoms with Crippen molar-refractivity contribution < 1.29 is 0 Å². The third-order valence-electron chi connectivity index (χ3n) is 2.80. The Morgan fingerprint density at radius 2 is 1.47 bits per heavy atom. The molecule has 0 aliphatic rings. The van der Waals surface area contributed by atoms with Crippen LogP contribution in [-0.4, -0.2) is 0 Å². The number of hydrogen-bond donors (Lipinski definition) is 0. The Morgan fingerprint density at radius 3 is 1.76 bits per heavy atom. The van der Waals surface area contributed by atoms with E-state index in [0.717, 1.165) is 5.92 Å². The van der Waals surface area contributed by atoms with Crippen molar-refractivity contribution in [1.29, 1.82) is 0 Å². The Hall–Kier alpha value is -0.260. The molecule has 0 aromatic rings. The van der Waals surface area contributed by atoms with Gasteiger partial charge in [0.1, 0.15) is 0 Å². The van der Waals surface area contributed by atoms with Crippen molar-refractivity contribution in [2.24, 2.45) is 5.92 Å². The van der Waals surface area contributed by atoms with Gasteiger partial charge in [0.2, 0.25) is 0 Å². The van der Waals surface area contributed by atoms with Gasteiger partial charge < -0.3 is 0 Å². The van der Waals surface area contributed by atoms with Crippen molar-refractivity contribution in [3.05, 3.63) is 11.6 Å². The number of hydrogen-bond acceptors (Lipinski definition) is 0. The fourth-order valence-electron chi connectivity index (χ4n) is 1.96. The quantitative estimate of drug-likeness (QED) is 0.421. The Labute approximate surface area is 112 Å². The predicted octanol–water partition coefficient (Wildman–Crippen LogP) is 7.00. The number of allylic oxidation sites excluding steroid dienone is 2. The van der Waals surface area contributed by atoms with Crippen molar-refractivity contribution in [3.63, 3.8) is 0 Å². The first-order valence-corrected chi connectivity index (χ1v) is 7.98. The summed E-state index contributed by atoms with van der Waals surface area (Å²) in [4.78, 5) is 0. The molecule has 0 heterocycles. The Kier molecular flexibility index (Phi) is 27.2. The smallest absolute Gasteiger partial charge is 0.0206 e. The highest BCUT2D eigenvalue weighted by atomic mass is 14.1. The first kappa shape index (κ1) is 22.0. The molecule has 1 unspecified atom stereocenters. The Balaban J connectivity index is -0.000000439. The zero-order chi connectivity index (χ0) is 14.1. The van der Waals surface area contributed by atoms with Gasteiger partial charge in [-0.05, 0) is 31.6 Å². The molecule has 0 aromatic heterocycles. The van der Waals surface area contributed by atoms with Crippen molar-refractivity contribution >= 4 is 0 Å². The topological polar surface area (TPSA) is 0 Å². The highest BCUT2D eigenvalue weighted by Crippen LogP contribution is 2.24. The zero-order valence-electron chi connectivity index (χ0n) is 13.9. The summed E-state index contributed by atoms with van der Waals surface area (Å²) in [5, 5.41) is 0. The molecule has 1 atom stereocenters. The minimum Gasteiger partial charge on any atom is -0.0853 e. The minimum atomic E-state index is 0.866. The minimum absolute atomic E-state index is 0.866. The molecule has 0 fully saturated rings. The van der Waals surface area contributed by atoms with Crippen LogP contribution in [0.15, 0.2) is 11.6 Å². The summed E-state index contributed by atoms with van der Waals surface area (Å²) in [5.41, 5.74) is 1.69. The van der Waals surface area contributed by atoms with Crippen molar-refractivity contribution in [2.45, 2.75) is 93.9 Å². The van der Waals surface area contributed by atoms with E-state index in [2.05, 4.69) is 33.8 Å². The summed E-state index contributed by atoms with van der Waals surface area (Å²) in [6.45, 7) is 17.1. The van der Waals surface area contributed by atoms with Gasteiger partial charge in [0, 0.05) is 0 Å². The van der Waals surface area contributed by atoms with Crippen LogP contribution in [0.25, 0.3) is 0 Å². The highest BCUT2D eigenvalue weighted by molar-refractivity contribution is 5.05. The standard InChI is InChI=1S/C13H26.2C2H6/c1-5-9-11-13(8-4)12(7-3)10-6-2;2*1-2/h10,13H,5-9,11H2,1-4H3;2*1-2H3/b12-10+;;. The third-order valence-corrected chi connectivity index (χ3v) is 2.80. The van der Waals surface area contributed by atoms with E-state index in [1.165, 1.54) is 38.5 Å². The first-order valence-electron chi connectivity index (χ1n) is 7.98. The van der Waals surface area contributed by atoms with Crippen LogP contribution in [0.4, 0.5) is 0 Å². The van der Waals surface area contributed by atoms with E-state index in [-0.39, 0.29) is 0 Å². The molecule has 106 valence electrons. The molecule has 0 saturated heterocycles. The number of unbranched alkanes of at least 4 members (excludes halogenated alkanes) is 1. The largest absolute Gasteiger partial charge is 0.0853 e. The van der Waals surface area contributed by atoms with Crippen LogP contribution in [0.2, 0.25) is 0 Å². The monoisotopic (exact) mass is 242 g/mol. The van der Waals surface area contributed by atoms with Gasteiger partial charge in [0.05, 0.1) is 0 Å². The van der Waals surface area contributed by atoms with Crippen LogP contribution in [0.3, 0.4) is 0 Å². The lowest BCUT2D eigenvalue weighted by Gasteiger charge is -2.17. The molecule has 0 amide bonds. The molecule has 0 spiro atoms. The summed E-state index contributed by atoms with van der Waals surface area (Å²) in [5.74, 6) is 0.866. The van der Waals surface area contributed by atoms with E-state index in [1.54, 1.807) is 5.57 Å². The van der Waals surface area contributed by atoms with Gasteiger partial charge >= 0.3 is 0 Å². The van der Waals surface area contributed by atoms with Crippen LogP contribution in [0.1, 0.15) is 93.9 Å². The molecule has 0 bridgehead atoms. The van der Waals surface area contributed by atoms with Crippen LogP contribution < -0.4 is 0 Å². The van der Waals surface area contributed by atoms with Crippen LogP contribution >= 0.6 is 0 Å². The van der Waals surface area contributed by atoms with Crippen molar-refractivity contribution in [1.82, 2.24) is 0 Å². The predicted molar refractivity (Wildman–Crippen MR) is 84.7 cm³/mol. The third kappa shape index (κ3) is 13.7. The van der Waals surface area contributed by atoms with E-state index in [9.17, 15) is 0 Å². The van der Waals surface area contributed by atoms with Gasteiger partial charge in [-0.1, -0.05) is 79.9 Å². The summed E-state index contributed by atoms with van der Waals surface area (Å²) < 4.78 is 0. The summed E-state index contributed by atoms with van der Waals surface area (Å²) in [7, 11) is 0. The van der Waals surface area contributed by atoms with Gasteiger partial charge in [-0.25, -0.2) is 0 Å². The fourth-order valence-corrected chi connectivity index (χ4v) is 1.96. The maximum absolute atomic E-state index is 2.43. The van der Waals surface area contributed by atoms with Gasteiger partial charge in [0.15, 0.2) is 0 Å². The Morgan fingerprint density at radius 1 is 0.941 bits per heavy atom. The number of rotatable bonds is 7. The molecule has 0 radical (unpaired) electrons. The second-order valence-corrected chi connectivity index (χ2v) is 3.79. The zero-order valence-corrected chi connectivity index (χ0v) is 13.9. The van der Waals surface area contributed by atoms with E-state index >= 15 is 0 Å². The van der Waals surface area contributed by atoms with Crippen molar-refractivity contribution in [3.8, 4) is 0 Å².